The first-order valence-electron chi connectivity index (χ1n) is 4.27. The summed E-state index contributed by atoms with van der Waals surface area (Å²) in [5, 5.41) is 8.60. The topological polar surface area (TPSA) is 23.8 Å². The molecule has 0 spiro atoms. The zero-order valence-electron chi connectivity index (χ0n) is 7.65. The Morgan fingerprint density at radius 1 is 1.12 bits per heavy atom. The number of hydrogen-bond acceptors (Lipinski definition) is 1. The van der Waals surface area contributed by atoms with Gasteiger partial charge in [-0.25, -0.2) is 0 Å². The van der Waals surface area contributed by atoms with Crippen LogP contribution in [-0.2, 0) is 0 Å². The number of hydrogen-bond donors (Lipinski definition) is 0. The second-order valence-corrected chi connectivity index (χ2v) is 4.48. The molecule has 0 N–H and O–H groups in total. The van der Waals surface area contributed by atoms with Crippen LogP contribution in [0, 0.1) is 11.3 Å². The minimum atomic E-state index is -4.01. The van der Waals surface area contributed by atoms with Gasteiger partial charge in [0.15, 0.2) is 0 Å². The zero-order chi connectivity index (χ0) is 12.1. The van der Waals surface area contributed by atoms with Crippen LogP contribution in [-0.4, -0.2) is 11.8 Å². The third-order valence-electron chi connectivity index (χ3n) is 2.47. The molecule has 1 aromatic rings. The van der Waals surface area contributed by atoms with Gasteiger partial charge in [-0.3, -0.25) is 0 Å². The molecule has 16 heavy (non-hydrogen) atoms. The van der Waals surface area contributed by atoms with Gasteiger partial charge in [0.25, 0.3) is 0 Å². The molecular formula is C10H4BrF4N. The number of nitriles is 1. The summed E-state index contributed by atoms with van der Waals surface area (Å²) < 4.78 is 51.4. The van der Waals surface area contributed by atoms with Gasteiger partial charge in [-0.2, -0.15) is 22.8 Å². The van der Waals surface area contributed by atoms with Gasteiger partial charge in [-0.1, -0.05) is 15.9 Å². The SMILES string of the molecule is N#Cc1cc(Br)cc(C2C(F)(F)C2(F)F)c1. The molecule has 0 aromatic heterocycles. The van der Waals surface area contributed by atoms with Crippen LogP contribution in [0.5, 0.6) is 0 Å². The van der Waals surface area contributed by atoms with E-state index in [0.29, 0.717) is 4.47 Å². The number of benzene rings is 1. The first kappa shape index (κ1) is 11.4. The normalized spacial score (nSPS) is 21.5. The van der Waals surface area contributed by atoms with Crippen molar-refractivity contribution in [1.82, 2.24) is 0 Å². The second kappa shape index (κ2) is 3.20. The van der Waals surface area contributed by atoms with Crippen LogP contribution in [0.3, 0.4) is 0 Å². The van der Waals surface area contributed by atoms with Crippen molar-refractivity contribution in [3.8, 4) is 6.07 Å². The Bertz CT molecular complexity index is 478. The maximum absolute atomic E-state index is 12.8. The maximum atomic E-state index is 12.8. The molecule has 0 unspecified atom stereocenters. The molecule has 2 rings (SSSR count). The van der Waals surface area contributed by atoms with Crippen LogP contribution in [0.15, 0.2) is 22.7 Å². The molecule has 0 atom stereocenters. The quantitative estimate of drug-likeness (QED) is 0.725. The fraction of sp³-hybridized carbons (Fsp3) is 0.300. The smallest absolute Gasteiger partial charge is 0.199 e. The largest absolute Gasteiger partial charge is 0.323 e. The van der Waals surface area contributed by atoms with Crippen molar-refractivity contribution in [1.29, 1.82) is 5.26 Å². The van der Waals surface area contributed by atoms with Crippen LogP contribution in [0.2, 0.25) is 0 Å². The monoisotopic (exact) mass is 293 g/mol. The summed E-state index contributed by atoms with van der Waals surface area (Å²) in [7, 11) is 0. The Morgan fingerprint density at radius 2 is 1.69 bits per heavy atom. The summed E-state index contributed by atoms with van der Waals surface area (Å²) in [5.41, 5.74) is -0.149. The number of halogens is 5. The predicted octanol–water partition coefficient (Wildman–Crippen LogP) is 3.69. The highest BCUT2D eigenvalue weighted by Crippen LogP contribution is 2.68. The van der Waals surface area contributed by atoms with Crippen molar-refractivity contribution in [3.63, 3.8) is 0 Å². The van der Waals surface area contributed by atoms with Crippen LogP contribution in [0.4, 0.5) is 17.6 Å². The van der Waals surface area contributed by atoms with E-state index in [4.69, 9.17) is 5.26 Å². The van der Waals surface area contributed by atoms with Crippen molar-refractivity contribution in [2.45, 2.75) is 17.8 Å². The van der Waals surface area contributed by atoms with Crippen molar-refractivity contribution < 1.29 is 17.6 Å². The van der Waals surface area contributed by atoms with Crippen molar-refractivity contribution in [3.05, 3.63) is 33.8 Å². The Morgan fingerprint density at radius 3 is 2.12 bits per heavy atom. The van der Waals surface area contributed by atoms with E-state index in [1.165, 1.54) is 12.1 Å². The average Bonchev–Trinajstić information content (AvgIpc) is 2.56. The highest BCUT2D eigenvalue weighted by atomic mass is 79.9. The molecule has 0 amide bonds. The van der Waals surface area contributed by atoms with Gasteiger partial charge in [0.1, 0.15) is 5.92 Å². The molecule has 1 aliphatic carbocycles. The Kier molecular flexibility index (Phi) is 2.28. The average molecular weight is 294 g/mol. The van der Waals surface area contributed by atoms with Gasteiger partial charge < -0.3 is 0 Å². The molecule has 1 nitrogen and oxygen atoms in total. The highest BCUT2D eigenvalue weighted by molar-refractivity contribution is 9.10. The molecule has 0 heterocycles. The maximum Gasteiger partial charge on any atom is 0.323 e. The number of nitrogens with zero attached hydrogens (tertiary/aromatic N) is 1. The highest BCUT2D eigenvalue weighted by Gasteiger charge is 2.85. The molecule has 0 saturated heterocycles. The molecule has 1 aromatic carbocycles. The van der Waals surface area contributed by atoms with Crippen molar-refractivity contribution >= 4 is 15.9 Å². The first-order valence-corrected chi connectivity index (χ1v) is 5.06. The standard InChI is InChI=1S/C10H4BrF4N/c11-7-2-5(4-16)1-6(3-7)8-9(12,13)10(8,14)15/h1-3,8H. The van der Waals surface area contributed by atoms with Crippen molar-refractivity contribution in [2.24, 2.45) is 0 Å². The summed E-state index contributed by atoms with van der Waals surface area (Å²) in [6.45, 7) is 0. The Balaban J connectivity index is 2.45. The van der Waals surface area contributed by atoms with E-state index >= 15 is 0 Å². The lowest BCUT2D eigenvalue weighted by Crippen LogP contribution is -2.02. The lowest BCUT2D eigenvalue weighted by molar-refractivity contribution is -0.0278. The minimum Gasteiger partial charge on any atom is -0.199 e. The summed E-state index contributed by atoms with van der Waals surface area (Å²) >= 11 is 2.98. The Hall–Kier alpha value is -1.09. The number of rotatable bonds is 1. The second-order valence-electron chi connectivity index (χ2n) is 3.56. The van der Waals surface area contributed by atoms with Gasteiger partial charge in [0.05, 0.1) is 11.6 Å². The van der Waals surface area contributed by atoms with E-state index in [9.17, 15) is 17.6 Å². The van der Waals surface area contributed by atoms with Gasteiger partial charge in [-0.15, -0.1) is 0 Å². The Labute approximate surface area is 96.8 Å². The molecular weight excluding hydrogens is 290 g/mol. The molecule has 1 aliphatic rings. The van der Waals surface area contributed by atoms with Gasteiger partial charge in [-0.05, 0) is 23.8 Å². The van der Waals surface area contributed by atoms with Gasteiger partial charge in [0, 0.05) is 4.47 Å². The van der Waals surface area contributed by atoms with Crippen molar-refractivity contribution in [2.75, 3.05) is 0 Å². The predicted molar refractivity (Wildman–Crippen MR) is 51.5 cm³/mol. The molecule has 1 fully saturated rings. The third-order valence-corrected chi connectivity index (χ3v) is 2.93. The first-order chi connectivity index (χ1) is 7.30. The zero-order valence-corrected chi connectivity index (χ0v) is 9.23. The van der Waals surface area contributed by atoms with E-state index in [1.807, 2.05) is 0 Å². The molecule has 0 radical (unpaired) electrons. The van der Waals surface area contributed by atoms with Crippen LogP contribution < -0.4 is 0 Å². The van der Waals surface area contributed by atoms with E-state index < -0.39 is 17.8 Å². The van der Waals surface area contributed by atoms with Crippen LogP contribution in [0.1, 0.15) is 17.0 Å². The molecule has 6 heteroatoms. The number of alkyl halides is 4. The lowest BCUT2D eigenvalue weighted by Gasteiger charge is -2.00. The molecule has 0 bridgehead atoms. The summed E-state index contributed by atoms with van der Waals surface area (Å²) in [4.78, 5) is 0. The van der Waals surface area contributed by atoms with E-state index in [2.05, 4.69) is 15.9 Å². The molecule has 0 aliphatic heterocycles. The van der Waals surface area contributed by atoms with E-state index in [1.54, 1.807) is 6.07 Å². The summed E-state index contributed by atoms with van der Waals surface area (Å²) in [6, 6.07) is 5.34. The fourth-order valence-corrected chi connectivity index (χ4v) is 2.12. The summed E-state index contributed by atoms with van der Waals surface area (Å²) in [5.74, 6) is -10.1. The van der Waals surface area contributed by atoms with E-state index in [0.717, 1.165) is 6.07 Å². The van der Waals surface area contributed by atoms with Gasteiger partial charge in [0.2, 0.25) is 0 Å². The summed E-state index contributed by atoms with van der Waals surface area (Å²) in [6.07, 6.45) is 0. The molecule has 1 saturated carbocycles. The lowest BCUT2D eigenvalue weighted by atomic mass is 10.1. The van der Waals surface area contributed by atoms with E-state index in [-0.39, 0.29) is 11.1 Å². The molecule has 84 valence electrons. The fourth-order valence-electron chi connectivity index (χ4n) is 1.60. The minimum absolute atomic E-state index is 0.0721. The van der Waals surface area contributed by atoms with Gasteiger partial charge >= 0.3 is 11.8 Å². The van der Waals surface area contributed by atoms with Crippen LogP contribution >= 0.6 is 15.9 Å². The van der Waals surface area contributed by atoms with Crippen LogP contribution in [0.25, 0.3) is 0 Å². The third kappa shape index (κ3) is 1.42.